The van der Waals surface area contributed by atoms with Crippen LogP contribution >= 0.6 is 0 Å². The lowest BCUT2D eigenvalue weighted by Gasteiger charge is -2.60. The van der Waals surface area contributed by atoms with Crippen LogP contribution in [0.3, 0.4) is 0 Å². The maximum atomic E-state index is 13.6. The van der Waals surface area contributed by atoms with Gasteiger partial charge in [0.05, 0.1) is 6.20 Å². The van der Waals surface area contributed by atoms with Crippen molar-refractivity contribution in [3.63, 3.8) is 0 Å². The Labute approximate surface area is 201 Å². The molecule has 192 valence electrons. The van der Waals surface area contributed by atoms with Crippen LogP contribution in [-0.4, -0.2) is 73.3 Å². The number of carbonyl (C=O) groups is 2. The van der Waals surface area contributed by atoms with Gasteiger partial charge in [0.25, 0.3) is 5.91 Å². The molecule has 0 bridgehead atoms. The molecule has 2 fully saturated rings. The van der Waals surface area contributed by atoms with E-state index in [-0.39, 0.29) is 17.4 Å². The number of likely N-dealkylation sites (tertiary alicyclic amines) is 1. The lowest BCUT2D eigenvalue weighted by atomic mass is 9.60. The van der Waals surface area contributed by atoms with Gasteiger partial charge in [0.15, 0.2) is 0 Å². The van der Waals surface area contributed by atoms with Crippen molar-refractivity contribution < 1.29 is 31.5 Å². The van der Waals surface area contributed by atoms with E-state index in [9.17, 15) is 31.5 Å². The highest BCUT2D eigenvalue weighted by Crippen LogP contribution is 2.50. The van der Waals surface area contributed by atoms with Crippen molar-refractivity contribution in [3.8, 4) is 0 Å². The molecule has 4 heterocycles. The third kappa shape index (κ3) is 3.75. The van der Waals surface area contributed by atoms with Crippen molar-refractivity contribution in [2.45, 2.75) is 31.0 Å². The predicted molar refractivity (Wildman–Crippen MR) is 116 cm³/mol. The predicted octanol–water partition coefficient (Wildman–Crippen LogP) is 3.49. The van der Waals surface area contributed by atoms with E-state index in [1.165, 1.54) is 18.1 Å². The zero-order valence-electron chi connectivity index (χ0n) is 19.3. The molecule has 36 heavy (non-hydrogen) atoms. The maximum absolute atomic E-state index is 13.6. The Balaban J connectivity index is 1.16. The van der Waals surface area contributed by atoms with Crippen LogP contribution < -0.4 is 5.32 Å². The van der Waals surface area contributed by atoms with Gasteiger partial charge in [-0.2, -0.15) is 27.1 Å². The van der Waals surface area contributed by atoms with Crippen molar-refractivity contribution in [1.82, 2.24) is 29.0 Å². The minimum absolute atomic E-state index is 0.109. The molecular weight excluding hydrogens is 489 g/mol. The number of nitrogens with one attached hydrogen (secondary N) is 1. The molecule has 3 aromatic rings. The molecular formula is C22H22F5N7O2. The molecule has 3 amide bonds. The first kappa shape index (κ1) is 24.0. The molecule has 0 radical (unpaired) electrons. The molecule has 1 saturated carbocycles. The van der Waals surface area contributed by atoms with E-state index in [1.54, 1.807) is 15.6 Å². The number of anilines is 1. The number of urea groups is 1. The summed E-state index contributed by atoms with van der Waals surface area (Å²) in [5, 5.41) is 6.47. The molecule has 1 N–H and O–H groups in total. The summed E-state index contributed by atoms with van der Waals surface area (Å²) in [6, 6.07) is 0.224. The van der Waals surface area contributed by atoms with Crippen molar-refractivity contribution >= 4 is 23.4 Å². The number of fused-ring (bicyclic) bond motifs is 1. The molecule has 1 saturated heterocycles. The molecule has 1 aliphatic heterocycles. The van der Waals surface area contributed by atoms with E-state index in [2.05, 4.69) is 15.4 Å². The van der Waals surface area contributed by atoms with E-state index in [0.717, 1.165) is 6.20 Å². The zero-order chi connectivity index (χ0) is 26.0. The quantitative estimate of drug-likeness (QED) is 0.544. The lowest BCUT2D eigenvalue weighted by molar-refractivity contribution is -0.289. The lowest BCUT2D eigenvalue weighted by Crippen LogP contribution is -2.67. The smallest absolute Gasteiger partial charge is 0.337 e. The van der Waals surface area contributed by atoms with Crippen LogP contribution in [0.25, 0.3) is 5.65 Å². The van der Waals surface area contributed by atoms with Crippen LogP contribution in [0.1, 0.15) is 28.8 Å². The summed E-state index contributed by atoms with van der Waals surface area (Å²) in [5.41, 5.74) is -0.205. The second-order valence-corrected chi connectivity index (χ2v) is 9.50. The number of carbonyl (C=O) groups excluding carboxylic acids is 2. The minimum Gasteiger partial charge on any atom is -0.337 e. The van der Waals surface area contributed by atoms with Gasteiger partial charge in [0, 0.05) is 62.8 Å². The molecule has 0 aromatic carbocycles. The van der Waals surface area contributed by atoms with Crippen LogP contribution in [0.4, 0.5) is 32.6 Å². The van der Waals surface area contributed by atoms with Gasteiger partial charge in [-0.15, -0.1) is 0 Å². The van der Waals surface area contributed by atoms with E-state index in [1.807, 2.05) is 17.8 Å². The first-order valence-corrected chi connectivity index (χ1v) is 11.0. The number of pyridine rings is 1. The molecule has 3 aromatic heterocycles. The number of aromatic nitrogens is 4. The first-order valence-electron chi connectivity index (χ1n) is 11.0. The number of amides is 3. The molecule has 5 rings (SSSR count). The fraction of sp³-hybridized carbons (Fsp3) is 0.455. The Morgan fingerprint density at radius 3 is 2.53 bits per heavy atom. The fourth-order valence-electron chi connectivity index (χ4n) is 4.97. The van der Waals surface area contributed by atoms with Gasteiger partial charge in [0.1, 0.15) is 17.0 Å². The number of imidazole rings is 1. The van der Waals surface area contributed by atoms with Crippen LogP contribution in [0, 0.1) is 5.41 Å². The van der Waals surface area contributed by atoms with Gasteiger partial charge in [-0.05, 0) is 25.0 Å². The number of alkyl halides is 5. The second-order valence-electron chi connectivity index (χ2n) is 9.50. The molecule has 2 aliphatic rings. The number of halogens is 5. The van der Waals surface area contributed by atoms with Gasteiger partial charge in [0.2, 0.25) is 0 Å². The topological polar surface area (TPSA) is 87.8 Å². The summed E-state index contributed by atoms with van der Waals surface area (Å²) < 4.78 is 68.6. The maximum Gasteiger partial charge on any atom is 0.458 e. The summed E-state index contributed by atoms with van der Waals surface area (Å²) >= 11 is 0. The summed E-state index contributed by atoms with van der Waals surface area (Å²) in [7, 11) is 3.35. The number of rotatable bonds is 4. The largest absolute Gasteiger partial charge is 0.458 e. The van der Waals surface area contributed by atoms with Crippen molar-refractivity contribution in [2.24, 2.45) is 12.5 Å². The summed E-state index contributed by atoms with van der Waals surface area (Å²) in [6.45, 7) is 1.07. The van der Waals surface area contributed by atoms with Gasteiger partial charge < -0.3 is 14.4 Å². The molecule has 1 aliphatic carbocycles. The minimum atomic E-state index is -5.77. The number of aryl methyl sites for hydroxylation is 1. The second kappa shape index (κ2) is 7.90. The van der Waals surface area contributed by atoms with E-state index < -0.39 is 29.5 Å². The van der Waals surface area contributed by atoms with Crippen LogP contribution in [0.2, 0.25) is 0 Å². The molecule has 1 spiro atoms. The molecule has 9 nitrogen and oxygen atoms in total. The van der Waals surface area contributed by atoms with Crippen LogP contribution in [0.5, 0.6) is 0 Å². The Bertz CT molecular complexity index is 1330. The summed E-state index contributed by atoms with van der Waals surface area (Å²) in [4.78, 5) is 32.3. The Hall–Kier alpha value is -3.71. The highest BCUT2D eigenvalue weighted by molar-refractivity contribution is 6.00. The number of hydrogen-bond donors (Lipinski definition) is 1. The van der Waals surface area contributed by atoms with Crippen molar-refractivity contribution in [3.05, 3.63) is 48.0 Å². The Kier molecular flexibility index (Phi) is 5.27. The third-order valence-corrected chi connectivity index (χ3v) is 7.02. The monoisotopic (exact) mass is 511 g/mol. The Morgan fingerprint density at radius 2 is 1.86 bits per heavy atom. The summed E-state index contributed by atoms with van der Waals surface area (Å²) in [5.74, 6) is -5.59. The normalized spacial score (nSPS) is 17.7. The van der Waals surface area contributed by atoms with Crippen LogP contribution in [-0.2, 0) is 13.0 Å². The first-order chi connectivity index (χ1) is 16.8. The zero-order valence-corrected chi connectivity index (χ0v) is 19.3. The number of hydrogen-bond acceptors (Lipinski definition) is 4. The fourth-order valence-corrected chi connectivity index (χ4v) is 4.97. The summed E-state index contributed by atoms with van der Waals surface area (Å²) in [6.07, 6.45) is 1.39. The van der Waals surface area contributed by atoms with Crippen molar-refractivity contribution in [1.29, 1.82) is 0 Å². The average molecular weight is 511 g/mol. The third-order valence-electron chi connectivity index (χ3n) is 7.02. The van der Waals surface area contributed by atoms with E-state index in [0.29, 0.717) is 49.3 Å². The van der Waals surface area contributed by atoms with Gasteiger partial charge >= 0.3 is 18.1 Å². The van der Waals surface area contributed by atoms with E-state index >= 15 is 0 Å². The Morgan fingerprint density at radius 1 is 1.17 bits per heavy atom. The SMILES string of the molecule is CN(C(=O)Nc1cc(C(F)(F)C(F)(F)F)ccn1)C1CC2(C1)CN(C(=O)c1cnn3ccn(C)c13)C2. The van der Waals surface area contributed by atoms with Gasteiger partial charge in [-0.3, -0.25) is 10.1 Å². The highest BCUT2D eigenvalue weighted by Gasteiger charge is 2.59. The van der Waals surface area contributed by atoms with Crippen molar-refractivity contribution in [2.75, 3.05) is 25.5 Å². The highest BCUT2D eigenvalue weighted by atomic mass is 19.4. The van der Waals surface area contributed by atoms with Gasteiger partial charge in [-0.1, -0.05) is 0 Å². The number of nitrogens with zero attached hydrogens (tertiary/aromatic N) is 6. The average Bonchev–Trinajstić information content (AvgIpc) is 3.34. The molecule has 14 heteroatoms. The molecule has 0 unspecified atom stereocenters. The van der Waals surface area contributed by atoms with Gasteiger partial charge in [-0.25, -0.2) is 14.3 Å². The molecule has 0 atom stereocenters. The standard InChI is InChI=1S/C22H22F5N7O2/c1-31-5-6-34-17(31)15(10-29-34)18(35)33-11-20(12-33)8-14(9-20)32(2)19(36)30-16-7-13(3-4-28-16)21(23,24)22(25,26)27/h3-7,10,14H,8-9,11-12H2,1-2H3,(H,28,30,36). The van der Waals surface area contributed by atoms with E-state index in [4.69, 9.17) is 0 Å². The van der Waals surface area contributed by atoms with Crippen LogP contribution in [0.15, 0.2) is 36.9 Å².